The molecule has 0 atom stereocenters. The van der Waals surface area contributed by atoms with E-state index in [0.717, 1.165) is 49.9 Å². The van der Waals surface area contributed by atoms with E-state index < -0.39 is 0 Å². The van der Waals surface area contributed by atoms with Crippen LogP contribution >= 0.6 is 0 Å². The SMILES string of the molecule is CCNC(=NCc1nc(C)c(C)o1)N1CCC(=Cc2ccccc2)CC1. The van der Waals surface area contributed by atoms with Crippen molar-refractivity contribution >= 4 is 12.0 Å². The molecule has 0 unspecified atom stereocenters. The van der Waals surface area contributed by atoms with E-state index in [9.17, 15) is 0 Å². The molecule has 1 N–H and O–H groups in total. The molecule has 0 aliphatic carbocycles. The highest BCUT2D eigenvalue weighted by atomic mass is 16.4. The van der Waals surface area contributed by atoms with Gasteiger partial charge in [0.25, 0.3) is 0 Å². The quantitative estimate of drug-likeness (QED) is 0.669. The Bertz CT molecular complexity index is 747. The molecule has 26 heavy (non-hydrogen) atoms. The highest BCUT2D eigenvalue weighted by molar-refractivity contribution is 5.80. The van der Waals surface area contributed by atoms with Crippen LogP contribution in [0, 0.1) is 13.8 Å². The molecular weight excluding hydrogens is 324 g/mol. The summed E-state index contributed by atoms with van der Waals surface area (Å²) in [7, 11) is 0. The lowest BCUT2D eigenvalue weighted by atomic mass is 10.0. The van der Waals surface area contributed by atoms with Gasteiger partial charge in [-0.2, -0.15) is 0 Å². The summed E-state index contributed by atoms with van der Waals surface area (Å²) in [6, 6.07) is 10.5. The summed E-state index contributed by atoms with van der Waals surface area (Å²) in [4.78, 5) is 11.5. The minimum atomic E-state index is 0.472. The zero-order chi connectivity index (χ0) is 18.4. The summed E-state index contributed by atoms with van der Waals surface area (Å²) < 4.78 is 5.64. The van der Waals surface area contributed by atoms with Crippen LogP contribution in [0.2, 0.25) is 0 Å². The first-order valence-corrected chi connectivity index (χ1v) is 9.36. The lowest BCUT2D eigenvalue weighted by Crippen LogP contribution is -2.44. The Kier molecular flexibility index (Phi) is 6.10. The zero-order valence-corrected chi connectivity index (χ0v) is 16.0. The van der Waals surface area contributed by atoms with Crippen molar-refractivity contribution in [3.05, 3.63) is 58.8 Å². The third-order valence-electron chi connectivity index (χ3n) is 4.65. The van der Waals surface area contributed by atoms with Gasteiger partial charge in [-0.3, -0.25) is 0 Å². The van der Waals surface area contributed by atoms with E-state index >= 15 is 0 Å². The van der Waals surface area contributed by atoms with Crippen LogP contribution < -0.4 is 5.32 Å². The second-order valence-corrected chi connectivity index (χ2v) is 6.62. The molecule has 0 radical (unpaired) electrons. The van der Waals surface area contributed by atoms with Gasteiger partial charge in [-0.1, -0.05) is 42.0 Å². The number of benzene rings is 1. The summed E-state index contributed by atoms with van der Waals surface area (Å²) in [6.45, 7) is 9.28. The maximum Gasteiger partial charge on any atom is 0.216 e. The molecule has 1 saturated heterocycles. The standard InChI is InChI=1S/C21H28N4O/c1-4-22-21(23-15-20-24-16(2)17(3)26-20)25-12-10-19(11-13-25)14-18-8-6-5-7-9-18/h5-9,14H,4,10-13,15H2,1-3H3,(H,22,23). The van der Waals surface area contributed by atoms with E-state index in [0.29, 0.717) is 12.4 Å². The molecular formula is C21H28N4O. The number of aryl methyl sites for hydroxylation is 2. The second kappa shape index (κ2) is 8.70. The van der Waals surface area contributed by atoms with Crippen molar-refractivity contribution in [3.8, 4) is 0 Å². The van der Waals surface area contributed by atoms with Crippen LogP contribution in [-0.2, 0) is 6.54 Å². The summed E-state index contributed by atoms with van der Waals surface area (Å²) in [6.07, 6.45) is 4.45. The zero-order valence-electron chi connectivity index (χ0n) is 16.0. The number of oxazole rings is 1. The number of nitrogens with one attached hydrogen (secondary N) is 1. The average Bonchev–Trinajstić information content (AvgIpc) is 2.98. The number of aromatic nitrogens is 1. The summed E-state index contributed by atoms with van der Waals surface area (Å²) >= 11 is 0. The van der Waals surface area contributed by atoms with Crippen molar-refractivity contribution in [2.24, 2.45) is 4.99 Å². The average molecular weight is 352 g/mol. The smallest absolute Gasteiger partial charge is 0.216 e. The molecule has 2 heterocycles. The van der Waals surface area contributed by atoms with E-state index in [2.05, 4.69) is 58.5 Å². The molecule has 1 aromatic carbocycles. The Morgan fingerprint density at radius 2 is 1.96 bits per heavy atom. The number of hydrogen-bond donors (Lipinski definition) is 1. The monoisotopic (exact) mass is 352 g/mol. The van der Waals surface area contributed by atoms with Gasteiger partial charge in [0.2, 0.25) is 5.89 Å². The van der Waals surface area contributed by atoms with Crippen LogP contribution in [-0.4, -0.2) is 35.5 Å². The molecule has 1 aliphatic heterocycles. The summed E-state index contributed by atoms with van der Waals surface area (Å²) in [5.74, 6) is 2.49. The van der Waals surface area contributed by atoms with E-state index in [1.807, 2.05) is 13.8 Å². The Morgan fingerprint density at radius 1 is 1.23 bits per heavy atom. The van der Waals surface area contributed by atoms with Crippen molar-refractivity contribution in [1.82, 2.24) is 15.2 Å². The van der Waals surface area contributed by atoms with Gasteiger partial charge in [0.05, 0.1) is 5.69 Å². The lowest BCUT2D eigenvalue weighted by molar-refractivity contribution is 0.374. The molecule has 0 saturated carbocycles. The molecule has 138 valence electrons. The van der Waals surface area contributed by atoms with E-state index in [1.165, 1.54) is 11.1 Å². The minimum Gasteiger partial charge on any atom is -0.444 e. The number of rotatable bonds is 4. The van der Waals surface area contributed by atoms with Crippen molar-refractivity contribution in [2.45, 2.75) is 40.2 Å². The molecule has 0 bridgehead atoms. The minimum absolute atomic E-state index is 0.472. The Morgan fingerprint density at radius 3 is 2.58 bits per heavy atom. The Labute approximate surface area is 155 Å². The van der Waals surface area contributed by atoms with Crippen LogP contribution in [0.4, 0.5) is 0 Å². The maximum atomic E-state index is 5.64. The van der Waals surface area contributed by atoms with Gasteiger partial charge in [-0.25, -0.2) is 9.98 Å². The molecule has 5 nitrogen and oxygen atoms in total. The van der Waals surface area contributed by atoms with E-state index in [-0.39, 0.29) is 0 Å². The van der Waals surface area contributed by atoms with Gasteiger partial charge in [0.1, 0.15) is 12.3 Å². The number of nitrogens with zero attached hydrogens (tertiary/aromatic N) is 3. The van der Waals surface area contributed by atoms with E-state index in [1.54, 1.807) is 0 Å². The lowest BCUT2D eigenvalue weighted by Gasteiger charge is -2.31. The summed E-state index contributed by atoms with van der Waals surface area (Å²) in [5, 5.41) is 3.40. The summed E-state index contributed by atoms with van der Waals surface area (Å²) in [5.41, 5.74) is 3.72. The van der Waals surface area contributed by atoms with Crippen molar-refractivity contribution in [2.75, 3.05) is 19.6 Å². The largest absolute Gasteiger partial charge is 0.444 e. The first kappa shape index (κ1) is 18.2. The molecule has 1 aliphatic rings. The first-order chi connectivity index (χ1) is 12.7. The Hall–Kier alpha value is -2.56. The number of aliphatic imine (C=N–C) groups is 1. The van der Waals surface area contributed by atoms with Gasteiger partial charge in [-0.15, -0.1) is 0 Å². The molecule has 5 heteroatoms. The number of guanidine groups is 1. The fourth-order valence-corrected chi connectivity index (χ4v) is 3.11. The molecule has 3 rings (SSSR count). The van der Waals surface area contributed by atoms with Crippen molar-refractivity contribution in [1.29, 1.82) is 0 Å². The van der Waals surface area contributed by atoms with Gasteiger partial charge in [-0.05, 0) is 39.2 Å². The fourth-order valence-electron chi connectivity index (χ4n) is 3.11. The fraction of sp³-hybridized carbons (Fsp3) is 0.429. The van der Waals surface area contributed by atoms with Gasteiger partial charge < -0.3 is 14.6 Å². The molecule has 1 aromatic heterocycles. The highest BCUT2D eigenvalue weighted by Gasteiger charge is 2.17. The predicted molar refractivity (Wildman–Crippen MR) is 106 cm³/mol. The first-order valence-electron chi connectivity index (χ1n) is 9.36. The molecule has 2 aromatic rings. The van der Waals surface area contributed by atoms with Crippen LogP contribution in [0.3, 0.4) is 0 Å². The third kappa shape index (κ3) is 4.75. The van der Waals surface area contributed by atoms with Crippen LogP contribution in [0.25, 0.3) is 6.08 Å². The van der Waals surface area contributed by atoms with Crippen molar-refractivity contribution in [3.63, 3.8) is 0 Å². The van der Waals surface area contributed by atoms with Gasteiger partial charge in [0, 0.05) is 19.6 Å². The Balaban J connectivity index is 1.62. The molecule has 0 amide bonds. The topological polar surface area (TPSA) is 53.7 Å². The second-order valence-electron chi connectivity index (χ2n) is 6.62. The van der Waals surface area contributed by atoms with Gasteiger partial charge >= 0.3 is 0 Å². The van der Waals surface area contributed by atoms with Crippen LogP contribution in [0.5, 0.6) is 0 Å². The normalized spacial score (nSPS) is 15.3. The van der Waals surface area contributed by atoms with Crippen LogP contribution in [0.1, 0.15) is 42.7 Å². The van der Waals surface area contributed by atoms with Crippen LogP contribution in [0.15, 0.2) is 45.3 Å². The molecule has 1 fully saturated rings. The number of likely N-dealkylation sites (tertiary alicyclic amines) is 1. The van der Waals surface area contributed by atoms with Crippen molar-refractivity contribution < 1.29 is 4.42 Å². The predicted octanol–water partition coefficient (Wildman–Crippen LogP) is 3.94. The third-order valence-corrected chi connectivity index (χ3v) is 4.65. The number of hydrogen-bond acceptors (Lipinski definition) is 3. The maximum absolute atomic E-state index is 5.64. The highest BCUT2D eigenvalue weighted by Crippen LogP contribution is 2.19. The van der Waals surface area contributed by atoms with Gasteiger partial charge in [0.15, 0.2) is 5.96 Å². The number of piperidine rings is 1. The molecule has 0 spiro atoms. The van der Waals surface area contributed by atoms with E-state index in [4.69, 9.17) is 9.41 Å².